The summed E-state index contributed by atoms with van der Waals surface area (Å²) in [5.41, 5.74) is 8.95. The molecule has 0 aromatic carbocycles. The largest absolute Gasteiger partial charge is 0.465 e. The summed E-state index contributed by atoms with van der Waals surface area (Å²) in [6.45, 7) is 2.43. The fraction of sp³-hybridized carbons (Fsp3) is 0.300. The number of aromatic nitrogens is 3. The molecule has 0 saturated carbocycles. The van der Waals surface area contributed by atoms with E-state index in [4.69, 9.17) is 10.8 Å². The Balaban J connectivity index is 2.18. The van der Waals surface area contributed by atoms with Gasteiger partial charge in [0.05, 0.1) is 24.5 Å². The first-order valence-electron chi connectivity index (χ1n) is 5.17. The maximum Gasteiger partial charge on any atom is 0.407 e. The molecule has 17 heavy (non-hydrogen) atoms. The van der Waals surface area contributed by atoms with Crippen molar-refractivity contribution in [3.63, 3.8) is 0 Å². The first-order chi connectivity index (χ1) is 8.06. The fourth-order valence-corrected chi connectivity index (χ4v) is 2.09. The highest BCUT2D eigenvalue weighted by Crippen LogP contribution is 2.27. The zero-order valence-corrected chi connectivity index (χ0v) is 9.21. The molecule has 2 aromatic heterocycles. The number of fused-ring (bicyclic) bond motifs is 2. The summed E-state index contributed by atoms with van der Waals surface area (Å²) < 4.78 is 1.56. The molecule has 7 nitrogen and oxygen atoms in total. The number of carboxylic acid groups (broad SMARTS) is 1. The summed E-state index contributed by atoms with van der Waals surface area (Å²) in [4.78, 5) is 16.6. The van der Waals surface area contributed by atoms with Crippen molar-refractivity contribution < 1.29 is 9.90 Å². The molecule has 2 aromatic rings. The van der Waals surface area contributed by atoms with Gasteiger partial charge in [0.2, 0.25) is 0 Å². The molecular formula is C10H11N5O2. The highest BCUT2D eigenvalue weighted by Gasteiger charge is 2.27. The van der Waals surface area contributed by atoms with Crippen LogP contribution in [0.4, 0.5) is 10.6 Å². The quantitative estimate of drug-likeness (QED) is 0.695. The van der Waals surface area contributed by atoms with Gasteiger partial charge in [-0.25, -0.2) is 9.78 Å². The Morgan fingerprint density at radius 1 is 1.53 bits per heavy atom. The third kappa shape index (κ3) is 1.32. The summed E-state index contributed by atoms with van der Waals surface area (Å²) in [5, 5.41) is 13.2. The Kier molecular flexibility index (Phi) is 1.80. The maximum absolute atomic E-state index is 10.9. The second-order valence-corrected chi connectivity index (χ2v) is 4.12. The van der Waals surface area contributed by atoms with E-state index in [-0.39, 0.29) is 13.1 Å². The third-order valence-corrected chi connectivity index (χ3v) is 2.91. The van der Waals surface area contributed by atoms with Crippen molar-refractivity contribution in [3.05, 3.63) is 23.0 Å². The van der Waals surface area contributed by atoms with E-state index in [0.29, 0.717) is 11.5 Å². The molecule has 0 radical (unpaired) electrons. The first-order valence-corrected chi connectivity index (χ1v) is 5.17. The van der Waals surface area contributed by atoms with Crippen molar-refractivity contribution in [3.8, 4) is 0 Å². The molecule has 0 bridgehead atoms. The Labute approximate surface area is 96.5 Å². The molecule has 1 amide bonds. The molecule has 0 atom stereocenters. The number of rotatable bonds is 0. The van der Waals surface area contributed by atoms with Crippen LogP contribution in [-0.2, 0) is 13.1 Å². The Bertz CT molecular complexity index is 633. The lowest BCUT2D eigenvalue weighted by Gasteiger charge is -2.08. The highest BCUT2D eigenvalue weighted by atomic mass is 16.4. The summed E-state index contributed by atoms with van der Waals surface area (Å²) in [6, 6.07) is 1.82. The van der Waals surface area contributed by atoms with Gasteiger partial charge in [0.15, 0.2) is 5.65 Å². The highest BCUT2D eigenvalue weighted by molar-refractivity contribution is 5.67. The number of nitrogens with zero attached hydrogens (tertiary/aromatic N) is 4. The van der Waals surface area contributed by atoms with Crippen LogP contribution in [0, 0.1) is 6.92 Å². The standard InChI is InChI=1S/C10H11N5O2/c1-5-2-8-12-7-4-14(10(16)17)3-6(7)9(11)15(8)13-5/h2H,3-4,11H2,1H3,(H,16,17). The second kappa shape index (κ2) is 3.09. The van der Waals surface area contributed by atoms with Crippen molar-refractivity contribution >= 4 is 17.6 Å². The average molecular weight is 233 g/mol. The molecule has 1 aliphatic heterocycles. The molecule has 0 unspecified atom stereocenters. The lowest BCUT2D eigenvalue weighted by molar-refractivity contribution is 0.145. The van der Waals surface area contributed by atoms with Crippen molar-refractivity contribution in [2.24, 2.45) is 0 Å². The van der Waals surface area contributed by atoms with Crippen LogP contribution in [0.2, 0.25) is 0 Å². The molecule has 7 heteroatoms. The zero-order valence-electron chi connectivity index (χ0n) is 9.21. The monoisotopic (exact) mass is 233 g/mol. The van der Waals surface area contributed by atoms with E-state index in [1.165, 1.54) is 4.90 Å². The van der Waals surface area contributed by atoms with Gasteiger partial charge >= 0.3 is 6.09 Å². The molecule has 0 saturated heterocycles. The lowest BCUT2D eigenvalue weighted by atomic mass is 10.2. The smallest absolute Gasteiger partial charge is 0.407 e. The van der Waals surface area contributed by atoms with Gasteiger partial charge in [-0.15, -0.1) is 0 Å². The number of anilines is 1. The van der Waals surface area contributed by atoms with E-state index >= 15 is 0 Å². The maximum atomic E-state index is 10.9. The van der Waals surface area contributed by atoms with Crippen LogP contribution in [-0.4, -0.2) is 30.7 Å². The van der Waals surface area contributed by atoms with E-state index < -0.39 is 6.09 Å². The van der Waals surface area contributed by atoms with Crippen LogP contribution < -0.4 is 5.73 Å². The molecule has 0 spiro atoms. The van der Waals surface area contributed by atoms with E-state index in [1.54, 1.807) is 4.52 Å². The van der Waals surface area contributed by atoms with Gasteiger partial charge in [-0.1, -0.05) is 0 Å². The van der Waals surface area contributed by atoms with Crippen molar-refractivity contribution in [1.82, 2.24) is 19.5 Å². The number of hydrogen-bond donors (Lipinski definition) is 2. The summed E-state index contributed by atoms with van der Waals surface area (Å²) in [7, 11) is 0. The van der Waals surface area contributed by atoms with Crippen LogP contribution in [0.25, 0.3) is 5.65 Å². The molecule has 3 N–H and O–H groups in total. The normalized spacial score (nSPS) is 14.3. The molecule has 3 heterocycles. The average Bonchev–Trinajstić information content (AvgIpc) is 2.81. The molecule has 3 rings (SSSR count). The van der Waals surface area contributed by atoms with Crippen LogP contribution in [0.5, 0.6) is 0 Å². The van der Waals surface area contributed by atoms with Crippen molar-refractivity contribution in [2.75, 3.05) is 5.73 Å². The van der Waals surface area contributed by atoms with Gasteiger partial charge < -0.3 is 10.8 Å². The van der Waals surface area contributed by atoms with E-state index in [1.807, 2.05) is 13.0 Å². The van der Waals surface area contributed by atoms with Crippen LogP contribution in [0.15, 0.2) is 6.07 Å². The minimum atomic E-state index is -0.962. The number of nitrogens with two attached hydrogens (primary N) is 1. The number of hydrogen-bond acceptors (Lipinski definition) is 4. The Morgan fingerprint density at radius 2 is 2.29 bits per heavy atom. The van der Waals surface area contributed by atoms with Gasteiger partial charge in [0, 0.05) is 11.6 Å². The van der Waals surface area contributed by atoms with Crippen molar-refractivity contribution in [1.29, 1.82) is 0 Å². The minimum absolute atomic E-state index is 0.276. The zero-order chi connectivity index (χ0) is 12.2. The second-order valence-electron chi connectivity index (χ2n) is 4.12. The van der Waals surface area contributed by atoms with Gasteiger partial charge in [-0.05, 0) is 6.92 Å². The SMILES string of the molecule is Cc1cc2nc3c(c(N)n2n1)CN(C(=O)O)C3. The summed E-state index contributed by atoms with van der Waals surface area (Å²) in [5.74, 6) is 0.474. The van der Waals surface area contributed by atoms with Gasteiger partial charge in [-0.3, -0.25) is 4.90 Å². The minimum Gasteiger partial charge on any atom is -0.465 e. The number of nitrogen functional groups attached to an aromatic ring is 1. The first kappa shape index (κ1) is 9.88. The number of carbonyl (C=O) groups is 1. The topological polar surface area (TPSA) is 96.8 Å². The summed E-state index contributed by atoms with van der Waals surface area (Å²) in [6.07, 6.45) is -0.962. The molecule has 88 valence electrons. The Hall–Kier alpha value is -2.31. The summed E-state index contributed by atoms with van der Waals surface area (Å²) >= 11 is 0. The fourth-order valence-electron chi connectivity index (χ4n) is 2.09. The van der Waals surface area contributed by atoms with Crippen LogP contribution >= 0.6 is 0 Å². The van der Waals surface area contributed by atoms with Crippen LogP contribution in [0.3, 0.4) is 0 Å². The number of amides is 1. The van der Waals surface area contributed by atoms with E-state index in [0.717, 1.165) is 17.0 Å². The molecule has 1 aliphatic rings. The molecule has 0 fully saturated rings. The van der Waals surface area contributed by atoms with Crippen LogP contribution in [0.1, 0.15) is 17.0 Å². The van der Waals surface area contributed by atoms with E-state index in [9.17, 15) is 4.79 Å². The van der Waals surface area contributed by atoms with Gasteiger partial charge in [0.1, 0.15) is 5.82 Å². The predicted molar refractivity (Wildman–Crippen MR) is 59.4 cm³/mol. The van der Waals surface area contributed by atoms with Gasteiger partial charge in [0.25, 0.3) is 0 Å². The molecular weight excluding hydrogens is 222 g/mol. The van der Waals surface area contributed by atoms with E-state index in [2.05, 4.69) is 10.1 Å². The third-order valence-electron chi connectivity index (χ3n) is 2.91. The number of aryl methyl sites for hydroxylation is 1. The van der Waals surface area contributed by atoms with Gasteiger partial charge in [-0.2, -0.15) is 9.61 Å². The molecule has 0 aliphatic carbocycles. The Morgan fingerprint density at radius 3 is 3.00 bits per heavy atom. The van der Waals surface area contributed by atoms with Crippen molar-refractivity contribution in [2.45, 2.75) is 20.0 Å². The predicted octanol–water partition coefficient (Wildman–Crippen LogP) is 0.614. The lowest BCUT2D eigenvalue weighted by Crippen LogP contribution is -2.22.